The molecule has 0 aliphatic heterocycles. The molecule has 206 valence electrons. The number of hydrogen-bond acceptors (Lipinski definition) is 4. The maximum Gasteiger partial charge on any atom is 0.573 e. The normalized spacial score (nSPS) is 11.9. The number of amides is 1. The maximum absolute atomic E-state index is 13.6. The molecule has 0 aliphatic rings. The van der Waals surface area contributed by atoms with Crippen molar-refractivity contribution in [3.63, 3.8) is 0 Å². The molecule has 0 spiro atoms. The van der Waals surface area contributed by atoms with Crippen LogP contribution >= 0.6 is 0 Å². The van der Waals surface area contributed by atoms with E-state index in [1.54, 1.807) is 54.6 Å². The SMILES string of the molecule is N/C=N/S(=O)(=O)c1ccccc1-c1ccc(CN(Cc2ccccc2)C(=O)c2ccccc2OC(F)(F)F)cc1. The number of hydrogen-bond donors (Lipinski definition) is 1. The quantitative estimate of drug-likeness (QED) is 0.204. The maximum atomic E-state index is 13.6. The van der Waals surface area contributed by atoms with Crippen LogP contribution in [0.4, 0.5) is 13.2 Å². The molecule has 0 aromatic heterocycles. The number of alkyl halides is 3. The van der Waals surface area contributed by atoms with Crippen LogP contribution in [-0.2, 0) is 23.1 Å². The van der Waals surface area contributed by atoms with Gasteiger partial charge in [-0.15, -0.1) is 13.2 Å². The van der Waals surface area contributed by atoms with E-state index in [9.17, 15) is 26.4 Å². The summed E-state index contributed by atoms with van der Waals surface area (Å²) in [5, 5.41) is 0. The van der Waals surface area contributed by atoms with Crippen LogP contribution in [0.15, 0.2) is 112 Å². The van der Waals surface area contributed by atoms with E-state index < -0.39 is 28.0 Å². The number of carbonyl (C=O) groups excluding carboxylic acids is 1. The predicted octanol–water partition coefficient (Wildman–Crippen LogP) is 5.77. The molecule has 7 nitrogen and oxygen atoms in total. The molecule has 2 N–H and O–H groups in total. The first-order chi connectivity index (χ1) is 19.1. The zero-order chi connectivity index (χ0) is 28.8. The fourth-order valence-electron chi connectivity index (χ4n) is 4.11. The Morgan fingerprint density at radius 1 is 0.825 bits per heavy atom. The molecule has 40 heavy (non-hydrogen) atoms. The Bertz CT molecular complexity index is 1610. The van der Waals surface area contributed by atoms with Gasteiger partial charge in [0.15, 0.2) is 0 Å². The summed E-state index contributed by atoms with van der Waals surface area (Å²) >= 11 is 0. The molecule has 4 aromatic carbocycles. The van der Waals surface area contributed by atoms with Crippen molar-refractivity contribution >= 4 is 22.3 Å². The molecule has 4 aromatic rings. The van der Waals surface area contributed by atoms with Crippen LogP contribution in [0, 0.1) is 0 Å². The molecule has 1 amide bonds. The van der Waals surface area contributed by atoms with Gasteiger partial charge < -0.3 is 15.4 Å². The van der Waals surface area contributed by atoms with Crippen molar-refractivity contribution in [3.05, 3.63) is 120 Å². The summed E-state index contributed by atoms with van der Waals surface area (Å²) in [7, 11) is -4.01. The molecule has 0 fully saturated rings. The summed E-state index contributed by atoms with van der Waals surface area (Å²) in [6.07, 6.45) is -4.25. The molecule has 0 radical (unpaired) electrons. The smallest absolute Gasteiger partial charge is 0.405 e. The number of benzene rings is 4. The second-order valence-corrected chi connectivity index (χ2v) is 10.2. The van der Waals surface area contributed by atoms with Crippen LogP contribution in [0.25, 0.3) is 11.1 Å². The summed E-state index contributed by atoms with van der Waals surface area (Å²) in [6.45, 7) is 0.186. The van der Waals surface area contributed by atoms with Gasteiger partial charge in [-0.3, -0.25) is 4.79 Å². The lowest BCUT2D eigenvalue weighted by Crippen LogP contribution is -2.31. The fraction of sp³-hybridized carbons (Fsp3) is 0.103. The summed E-state index contributed by atoms with van der Waals surface area (Å²) in [6, 6.07) is 27.4. The van der Waals surface area contributed by atoms with Crippen LogP contribution in [0.2, 0.25) is 0 Å². The van der Waals surface area contributed by atoms with E-state index in [0.717, 1.165) is 11.6 Å². The first-order valence-electron chi connectivity index (χ1n) is 11.9. The minimum absolute atomic E-state index is 0.0217. The zero-order valence-electron chi connectivity index (χ0n) is 21.0. The van der Waals surface area contributed by atoms with Crippen LogP contribution < -0.4 is 10.5 Å². The molecule has 0 bridgehead atoms. The van der Waals surface area contributed by atoms with E-state index in [4.69, 9.17) is 5.73 Å². The molecule has 0 unspecified atom stereocenters. The number of rotatable bonds is 9. The van der Waals surface area contributed by atoms with Crippen LogP contribution in [0.3, 0.4) is 0 Å². The number of carbonyl (C=O) groups is 1. The van der Waals surface area contributed by atoms with Crippen LogP contribution in [0.5, 0.6) is 5.75 Å². The molecule has 11 heteroatoms. The summed E-state index contributed by atoms with van der Waals surface area (Å²) in [5.74, 6) is -1.24. The third-order valence-electron chi connectivity index (χ3n) is 5.85. The van der Waals surface area contributed by atoms with Gasteiger partial charge in [0.25, 0.3) is 15.9 Å². The lowest BCUT2D eigenvalue weighted by Gasteiger charge is -2.24. The lowest BCUT2D eigenvalue weighted by atomic mass is 10.0. The predicted molar refractivity (Wildman–Crippen MR) is 145 cm³/mol. The number of nitrogens with zero attached hydrogens (tertiary/aromatic N) is 2. The van der Waals surface area contributed by atoms with E-state index in [-0.39, 0.29) is 23.5 Å². The molecular weight excluding hydrogens is 543 g/mol. The van der Waals surface area contributed by atoms with Gasteiger partial charge in [-0.1, -0.05) is 84.9 Å². The van der Waals surface area contributed by atoms with Gasteiger partial charge >= 0.3 is 6.36 Å². The van der Waals surface area contributed by atoms with E-state index in [1.165, 1.54) is 29.2 Å². The van der Waals surface area contributed by atoms with Crippen molar-refractivity contribution in [1.29, 1.82) is 0 Å². The second kappa shape index (κ2) is 12.0. The fourth-order valence-corrected chi connectivity index (χ4v) is 5.10. The summed E-state index contributed by atoms with van der Waals surface area (Å²) in [5.41, 5.74) is 7.42. The number of ether oxygens (including phenoxy) is 1. The molecule has 4 rings (SSSR count). The van der Waals surface area contributed by atoms with Crippen molar-refractivity contribution in [3.8, 4) is 16.9 Å². The van der Waals surface area contributed by atoms with Crippen LogP contribution in [0.1, 0.15) is 21.5 Å². The highest BCUT2D eigenvalue weighted by Crippen LogP contribution is 2.30. The topological polar surface area (TPSA) is 102 Å². The minimum Gasteiger partial charge on any atom is -0.405 e. The Labute approximate surface area is 229 Å². The van der Waals surface area contributed by atoms with Gasteiger partial charge in [0, 0.05) is 18.7 Å². The van der Waals surface area contributed by atoms with Crippen molar-refractivity contribution < 1.29 is 31.1 Å². The van der Waals surface area contributed by atoms with Gasteiger partial charge in [0.05, 0.1) is 16.8 Å². The second-order valence-electron chi connectivity index (χ2n) is 8.61. The summed E-state index contributed by atoms with van der Waals surface area (Å²) in [4.78, 5) is 14.9. The van der Waals surface area contributed by atoms with Gasteiger partial charge in [-0.2, -0.15) is 12.8 Å². The van der Waals surface area contributed by atoms with E-state index >= 15 is 0 Å². The van der Waals surface area contributed by atoms with Gasteiger partial charge in [0.2, 0.25) is 0 Å². The minimum atomic E-state index is -4.96. The number of sulfonamides is 1. The van der Waals surface area contributed by atoms with Crippen molar-refractivity contribution in [2.45, 2.75) is 24.3 Å². The Hall–Kier alpha value is -4.64. The molecule has 0 heterocycles. The number of nitrogens with two attached hydrogens (primary N) is 1. The van der Waals surface area contributed by atoms with Gasteiger partial charge in [-0.05, 0) is 34.9 Å². The standard InChI is InChI=1S/C29H24F3N3O4S/c30-29(31,32)39-26-12-6-4-11-25(26)28(36)35(18-21-8-2-1-3-9-21)19-22-14-16-23(17-15-22)24-10-5-7-13-27(24)40(37,38)34-20-33/h1-17,20H,18-19H2,(H2,33,34). The highest BCUT2D eigenvalue weighted by atomic mass is 32.2. The van der Waals surface area contributed by atoms with E-state index in [2.05, 4.69) is 9.13 Å². The molecule has 0 saturated heterocycles. The lowest BCUT2D eigenvalue weighted by molar-refractivity contribution is -0.274. The van der Waals surface area contributed by atoms with Gasteiger partial charge in [0.1, 0.15) is 5.75 Å². The first-order valence-corrected chi connectivity index (χ1v) is 13.4. The molecular formula is C29H24F3N3O4S. The Morgan fingerprint density at radius 3 is 2.05 bits per heavy atom. The largest absolute Gasteiger partial charge is 0.573 e. The third kappa shape index (κ3) is 7.06. The Kier molecular flexibility index (Phi) is 8.54. The van der Waals surface area contributed by atoms with Crippen molar-refractivity contribution in [1.82, 2.24) is 4.90 Å². The Morgan fingerprint density at radius 2 is 1.40 bits per heavy atom. The average Bonchev–Trinajstić information content (AvgIpc) is 2.93. The van der Waals surface area contributed by atoms with Crippen LogP contribution in [-0.4, -0.2) is 31.9 Å². The first kappa shape index (κ1) is 28.4. The zero-order valence-corrected chi connectivity index (χ0v) is 21.8. The van der Waals surface area contributed by atoms with Crippen molar-refractivity contribution in [2.24, 2.45) is 10.1 Å². The van der Waals surface area contributed by atoms with E-state index in [0.29, 0.717) is 23.0 Å². The average molecular weight is 568 g/mol. The number of para-hydroxylation sites is 1. The molecule has 0 aliphatic carbocycles. The van der Waals surface area contributed by atoms with Crippen molar-refractivity contribution in [2.75, 3.05) is 0 Å². The molecule has 0 saturated carbocycles. The Balaban J connectivity index is 1.66. The highest BCUT2D eigenvalue weighted by Gasteiger charge is 2.33. The third-order valence-corrected chi connectivity index (χ3v) is 7.16. The molecule has 0 atom stereocenters. The van der Waals surface area contributed by atoms with Gasteiger partial charge in [-0.25, -0.2) is 0 Å². The summed E-state index contributed by atoms with van der Waals surface area (Å²) < 4.78 is 71.6. The van der Waals surface area contributed by atoms with E-state index in [1.807, 2.05) is 18.2 Å². The number of halogens is 3. The monoisotopic (exact) mass is 567 g/mol. The highest BCUT2D eigenvalue weighted by molar-refractivity contribution is 7.90.